The zero-order valence-electron chi connectivity index (χ0n) is 17.1. The van der Waals surface area contributed by atoms with Gasteiger partial charge < -0.3 is 16.0 Å². The van der Waals surface area contributed by atoms with Crippen molar-refractivity contribution in [2.45, 2.75) is 25.8 Å². The number of anilines is 3. The quantitative estimate of drug-likeness (QED) is 0.442. The van der Waals surface area contributed by atoms with Crippen molar-refractivity contribution < 1.29 is 18.8 Å². The van der Waals surface area contributed by atoms with Crippen molar-refractivity contribution in [2.24, 2.45) is 0 Å². The molecule has 32 heavy (non-hydrogen) atoms. The maximum Gasteiger partial charge on any atom is 0.319 e. The Kier molecular flexibility index (Phi) is 6.13. The topological polar surface area (TPSA) is 112 Å². The van der Waals surface area contributed by atoms with E-state index in [-0.39, 0.29) is 23.5 Å². The summed E-state index contributed by atoms with van der Waals surface area (Å²) in [6.45, 7) is 1.34. The van der Waals surface area contributed by atoms with Crippen molar-refractivity contribution in [3.05, 3.63) is 59.2 Å². The standard InChI is InChI=1S/C22H20FN5O3S/c1-12(29)24-16-7-8-17(18(23)10-16)19-11-32-22(27-19)28-20(30)13-3-2-4-15(9-13)26-21(31)25-14-5-6-14/h2-4,7-11,14H,5-6H2,1H3,(H,24,29)(H2,25,26,31)(H,27,28,30). The van der Waals surface area contributed by atoms with Crippen LogP contribution in [0.4, 0.5) is 25.7 Å². The van der Waals surface area contributed by atoms with Crippen LogP contribution in [0, 0.1) is 5.82 Å². The smallest absolute Gasteiger partial charge is 0.319 e. The van der Waals surface area contributed by atoms with E-state index in [2.05, 4.69) is 26.3 Å². The van der Waals surface area contributed by atoms with Gasteiger partial charge in [0.05, 0.1) is 5.69 Å². The van der Waals surface area contributed by atoms with Gasteiger partial charge in [-0.25, -0.2) is 14.2 Å². The van der Waals surface area contributed by atoms with Gasteiger partial charge in [0.15, 0.2) is 5.13 Å². The summed E-state index contributed by atoms with van der Waals surface area (Å²) in [6, 6.07) is 10.8. The van der Waals surface area contributed by atoms with Crippen molar-refractivity contribution in [1.29, 1.82) is 0 Å². The minimum atomic E-state index is -0.539. The molecular weight excluding hydrogens is 433 g/mol. The second kappa shape index (κ2) is 9.15. The summed E-state index contributed by atoms with van der Waals surface area (Å²) in [5.74, 6) is -1.24. The lowest BCUT2D eigenvalue weighted by Gasteiger charge is -2.08. The summed E-state index contributed by atoms with van der Waals surface area (Å²) in [4.78, 5) is 39.9. The van der Waals surface area contributed by atoms with Crippen LogP contribution in [0.15, 0.2) is 47.8 Å². The molecule has 1 heterocycles. The number of amides is 4. The molecule has 1 aliphatic carbocycles. The molecule has 10 heteroatoms. The molecule has 0 radical (unpaired) electrons. The number of carbonyl (C=O) groups is 3. The van der Waals surface area contributed by atoms with Crippen LogP contribution in [0.5, 0.6) is 0 Å². The van der Waals surface area contributed by atoms with Crippen molar-refractivity contribution in [1.82, 2.24) is 10.3 Å². The van der Waals surface area contributed by atoms with Crippen molar-refractivity contribution in [2.75, 3.05) is 16.0 Å². The highest BCUT2D eigenvalue weighted by Crippen LogP contribution is 2.29. The van der Waals surface area contributed by atoms with Crippen molar-refractivity contribution >= 4 is 45.7 Å². The highest BCUT2D eigenvalue weighted by molar-refractivity contribution is 7.14. The zero-order valence-corrected chi connectivity index (χ0v) is 17.9. The van der Waals surface area contributed by atoms with E-state index in [1.165, 1.54) is 19.1 Å². The summed E-state index contributed by atoms with van der Waals surface area (Å²) < 4.78 is 14.4. The fourth-order valence-electron chi connectivity index (χ4n) is 2.95. The molecule has 1 fully saturated rings. The van der Waals surface area contributed by atoms with Gasteiger partial charge in [-0.3, -0.25) is 14.9 Å². The number of aromatic nitrogens is 1. The SMILES string of the molecule is CC(=O)Nc1ccc(-c2csc(NC(=O)c3cccc(NC(=O)NC4CC4)c3)n2)c(F)c1. The number of nitrogens with zero attached hydrogens (tertiary/aromatic N) is 1. The van der Waals surface area contributed by atoms with Gasteiger partial charge in [0.2, 0.25) is 5.91 Å². The predicted molar refractivity (Wildman–Crippen MR) is 121 cm³/mol. The van der Waals surface area contributed by atoms with Gasteiger partial charge in [0.25, 0.3) is 5.91 Å². The third kappa shape index (κ3) is 5.46. The average molecular weight is 453 g/mol. The molecule has 164 valence electrons. The minimum Gasteiger partial charge on any atom is -0.335 e. The van der Waals surface area contributed by atoms with Gasteiger partial charge in [0.1, 0.15) is 5.82 Å². The van der Waals surface area contributed by atoms with Gasteiger partial charge in [-0.05, 0) is 49.2 Å². The number of rotatable bonds is 6. The maximum atomic E-state index is 14.4. The summed E-state index contributed by atoms with van der Waals surface area (Å²) in [5.41, 5.74) is 1.81. The highest BCUT2D eigenvalue weighted by Gasteiger charge is 2.23. The second-order valence-electron chi connectivity index (χ2n) is 7.32. The molecule has 4 amide bonds. The van der Waals surface area contributed by atoms with Crippen LogP contribution in [-0.4, -0.2) is 28.9 Å². The minimum absolute atomic E-state index is 0.229. The Bertz CT molecular complexity index is 1190. The number of hydrogen-bond donors (Lipinski definition) is 4. The fourth-order valence-corrected chi connectivity index (χ4v) is 3.65. The lowest BCUT2D eigenvalue weighted by atomic mass is 10.1. The third-order valence-electron chi connectivity index (χ3n) is 4.59. The summed E-state index contributed by atoms with van der Waals surface area (Å²) in [7, 11) is 0. The number of thiazole rings is 1. The van der Waals surface area contributed by atoms with E-state index in [1.807, 2.05) is 0 Å². The second-order valence-corrected chi connectivity index (χ2v) is 8.18. The number of carbonyl (C=O) groups excluding carboxylic acids is 3. The number of nitrogens with one attached hydrogen (secondary N) is 4. The van der Waals surface area contributed by atoms with Crippen LogP contribution in [-0.2, 0) is 4.79 Å². The summed E-state index contributed by atoms with van der Waals surface area (Å²) in [6.07, 6.45) is 1.96. The number of hydrogen-bond acceptors (Lipinski definition) is 5. The van der Waals surface area contributed by atoms with Gasteiger partial charge >= 0.3 is 6.03 Å². The van der Waals surface area contributed by atoms with Gasteiger partial charge in [-0.2, -0.15) is 0 Å². The largest absolute Gasteiger partial charge is 0.335 e. The predicted octanol–water partition coefficient (Wildman–Crippen LogP) is 4.44. The Morgan fingerprint density at radius 1 is 1.03 bits per heavy atom. The first-order valence-corrected chi connectivity index (χ1v) is 10.8. The number of urea groups is 1. The Morgan fingerprint density at radius 3 is 2.53 bits per heavy atom. The Morgan fingerprint density at radius 2 is 1.81 bits per heavy atom. The third-order valence-corrected chi connectivity index (χ3v) is 5.34. The van der Waals surface area contributed by atoms with E-state index < -0.39 is 11.7 Å². The molecule has 0 saturated heterocycles. The van der Waals surface area contributed by atoms with E-state index in [1.54, 1.807) is 35.7 Å². The molecule has 0 aliphatic heterocycles. The molecule has 4 rings (SSSR count). The highest BCUT2D eigenvalue weighted by atomic mass is 32.1. The molecular formula is C22H20FN5O3S. The van der Waals surface area contributed by atoms with Gasteiger partial charge in [-0.15, -0.1) is 11.3 Å². The van der Waals surface area contributed by atoms with E-state index in [4.69, 9.17) is 0 Å². The zero-order chi connectivity index (χ0) is 22.7. The molecule has 0 spiro atoms. The van der Waals surface area contributed by atoms with E-state index in [9.17, 15) is 18.8 Å². The molecule has 3 aromatic rings. The average Bonchev–Trinajstić information content (AvgIpc) is 3.43. The fraction of sp³-hybridized carbons (Fsp3) is 0.182. The molecule has 0 atom stereocenters. The van der Waals surface area contributed by atoms with Gasteiger partial charge in [-0.1, -0.05) is 6.07 Å². The number of halogens is 1. The molecule has 2 aromatic carbocycles. The van der Waals surface area contributed by atoms with E-state index in [0.29, 0.717) is 27.8 Å². The molecule has 1 saturated carbocycles. The normalized spacial score (nSPS) is 12.7. The number of benzene rings is 2. The van der Waals surface area contributed by atoms with Crippen LogP contribution >= 0.6 is 11.3 Å². The maximum absolute atomic E-state index is 14.4. The van der Waals surface area contributed by atoms with Crippen molar-refractivity contribution in [3.63, 3.8) is 0 Å². The van der Waals surface area contributed by atoms with Crippen LogP contribution in [0.25, 0.3) is 11.3 Å². The van der Waals surface area contributed by atoms with E-state index >= 15 is 0 Å². The molecule has 0 bridgehead atoms. The summed E-state index contributed by atoms with van der Waals surface area (Å²) in [5, 5.41) is 12.7. The van der Waals surface area contributed by atoms with Crippen molar-refractivity contribution in [3.8, 4) is 11.3 Å². The van der Waals surface area contributed by atoms with Crippen LogP contribution in [0.3, 0.4) is 0 Å². The molecule has 4 N–H and O–H groups in total. The Hall–Kier alpha value is -3.79. The molecule has 1 aromatic heterocycles. The first-order chi connectivity index (χ1) is 15.4. The summed E-state index contributed by atoms with van der Waals surface area (Å²) >= 11 is 1.16. The first-order valence-electron chi connectivity index (χ1n) is 9.89. The molecule has 8 nitrogen and oxygen atoms in total. The molecule has 0 unspecified atom stereocenters. The van der Waals surface area contributed by atoms with E-state index in [0.717, 1.165) is 24.2 Å². The Labute approximate surface area is 187 Å². The lowest BCUT2D eigenvalue weighted by molar-refractivity contribution is -0.114. The van der Waals surface area contributed by atoms with Crippen LogP contribution in [0.1, 0.15) is 30.1 Å². The van der Waals surface area contributed by atoms with Crippen LogP contribution < -0.4 is 21.3 Å². The molecule has 1 aliphatic rings. The Balaban J connectivity index is 1.42. The monoisotopic (exact) mass is 453 g/mol. The van der Waals surface area contributed by atoms with Gasteiger partial charge in [0, 0.05) is 40.8 Å². The van der Waals surface area contributed by atoms with Crippen LogP contribution in [0.2, 0.25) is 0 Å². The first kappa shape index (κ1) is 21.4. The lowest BCUT2D eigenvalue weighted by Crippen LogP contribution is -2.30.